The Morgan fingerprint density at radius 1 is 1.21 bits per heavy atom. The molecule has 0 amide bonds. The molecule has 2 heterocycles. The van der Waals surface area contributed by atoms with E-state index in [-0.39, 0.29) is 0 Å². The Morgan fingerprint density at radius 3 is 2.89 bits per heavy atom. The average Bonchev–Trinajstić information content (AvgIpc) is 2.67. The highest BCUT2D eigenvalue weighted by molar-refractivity contribution is 5.73. The highest BCUT2D eigenvalue weighted by Gasteiger charge is 2.59. The molecule has 1 aliphatic carbocycles. The third-order valence-electron chi connectivity index (χ3n) is 6.24. The summed E-state index contributed by atoms with van der Waals surface area (Å²) in [6.45, 7) is 10.6. The molecule has 0 spiro atoms. The average molecular weight is 256 g/mol. The van der Waals surface area contributed by atoms with E-state index in [0.717, 1.165) is 19.6 Å². The number of aryl methyl sites for hydroxylation is 1. The monoisotopic (exact) mass is 256 g/mol. The van der Waals surface area contributed by atoms with Gasteiger partial charge in [-0.1, -0.05) is 25.5 Å². The lowest BCUT2D eigenvalue weighted by Gasteiger charge is -2.42. The van der Waals surface area contributed by atoms with Crippen molar-refractivity contribution in [3.8, 4) is 0 Å². The van der Waals surface area contributed by atoms with Crippen LogP contribution >= 0.6 is 0 Å². The lowest BCUT2D eigenvalue weighted by Crippen LogP contribution is -2.52. The molecular formula is C17H24N2. The van der Waals surface area contributed by atoms with Gasteiger partial charge in [0.25, 0.3) is 0 Å². The molecule has 1 saturated carbocycles. The maximum atomic E-state index is 3.58. The van der Waals surface area contributed by atoms with Gasteiger partial charge in [-0.15, -0.1) is 0 Å². The van der Waals surface area contributed by atoms with E-state index in [9.17, 15) is 0 Å². The Morgan fingerprint density at radius 2 is 2.05 bits per heavy atom. The van der Waals surface area contributed by atoms with Gasteiger partial charge in [0.2, 0.25) is 0 Å². The number of fused-ring (bicyclic) bond motifs is 3. The first kappa shape index (κ1) is 11.8. The summed E-state index contributed by atoms with van der Waals surface area (Å²) in [5.41, 5.74) is 6.94. The number of benzene rings is 1. The molecule has 0 unspecified atom stereocenters. The fraction of sp³-hybridized carbons (Fsp3) is 0.647. The molecule has 4 rings (SSSR count). The van der Waals surface area contributed by atoms with Crippen LogP contribution in [0.5, 0.6) is 0 Å². The minimum absolute atomic E-state index is 0.336. The highest BCUT2D eigenvalue weighted by Crippen LogP contribution is 2.61. The molecule has 1 aromatic carbocycles. The topological polar surface area (TPSA) is 15.3 Å². The summed E-state index contributed by atoms with van der Waals surface area (Å²) in [6, 6.07) is 4.68. The zero-order valence-electron chi connectivity index (χ0n) is 12.3. The van der Waals surface area contributed by atoms with Gasteiger partial charge >= 0.3 is 0 Å². The van der Waals surface area contributed by atoms with E-state index in [0.29, 0.717) is 11.0 Å². The molecule has 0 bridgehead atoms. The van der Waals surface area contributed by atoms with Crippen LogP contribution in [0.3, 0.4) is 0 Å². The molecule has 19 heavy (non-hydrogen) atoms. The molecule has 0 radical (unpaired) electrons. The van der Waals surface area contributed by atoms with Gasteiger partial charge in [0.1, 0.15) is 0 Å². The van der Waals surface area contributed by atoms with Gasteiger partial charge in [0, 0.05) is 36.3 Å². The normalized spacial score (nSPS) is 36.1. The van der Waals surface area contributed by atoms with Gasteiger partial charge in [-0.3, -0.25) is 0 Å². The van der Waals surface area contributed by atoms with Gasteiger partial charge in [0.05, 0.1) is 0 Å². The van der Waals surface area contributed by atoms with Gasteiger partial charge in [-0.2, -0.15) is 0 Å². The van der Waals surface area contributed by atoms with Crippen LogP contribution in [0.4, 0.5) is 5.69 Å². The number of nitrogens with one attached hydrogen (secondary N) is 1. The summed E-state index contributed by atoms with van der Waals surface area (Å²) in [6.07, 6.45) is 4.07. The summed E-state index contributed by atoms with van der Waals surface area (Å²) in [4.78, 5) is 2.75. The molecule has 2 heteroatoms. The Hall–Kier alpha value is -1.02. The number of anilines is 1. The van der Waals surface area contributed by atoms with Crippen molar-refractivity contribution in [3.05, 3.63) is 28.8 Å². The van der Waals surface area contributed by atoms with Crippen LogP contribution in [0.25, 0.3) is 0 Å². The molecular weight excluding hydrogens is 232 g/mol. The summed E-state index contributed by atoms with van der Waals surface area (Å²) in [5.74, 6) is 0. The molecule has 2 nitrogen and oxygen atoms in total. The van der Waals surface area contributed by atoms with Gasteiger partial charge in [-0.25, -0.2) is 0 Å². The van der Waals surface area contributed by atoms with E-state index in [2.05, 4.69) is 43.1 Å². The highest BCUT2D eigenvalue weighted by atomic mass is 15.3. The Bertz CT molecular complexity index is 550. The second-order valence-corrected chi connectivity index (χ2v) is 7.05. The zero-order chi connectivity index (χ0) is 13.3. The first-order chi connectivity index (χ1) is 9.08. The fourth-order valence-corrected chi connectivity index (χ4v) is 5.06. The molecule has 0 saturated heterocycles. The van der Waals surface area contributed by atoms with Crippen LogP contribution in [0, 0.1) is 6.92 Å². The maximum absolute atomic E-state index is 3.58. The van der Waals surface area contributed by atoms with Gasteiger partial charge in [-0.05, 0) is 43.4 Å². The van der Waals surface area contributed by atoms with Crippen LogP contribution in [0.2, 0.25) is 0 Å². The quantitative estimate of drug-likeness (QED) is 0.767. The van der Waals surface area contributed by atoms with Crippen LogP contribution < -0.4 is 10.2 Å². The standard InChI is InChI=1S/C17H24N2/c1-12-5-6-13-11-18-9-10-19-15(13)14(12)16(2)7-4-8-17(16,19)3/h5-6,18H,4,7-11H2,1-3H3/t16-,17-/m1/s1. The van der Waals surface area contributed by atoms with E-state index in [1.165, 1.54) is 30.4 Å². The number of nitrogens with zero attached hydrogens (tertiary/aromatic N) is 1. The van der Waals surface area contributed by atoms with Crippen molar-refractivity contribution >= 4 is 5.69 Å². The van der Waals surface area contributed by atoms with Crippen molar-refractivity contribution in [3.63, 3.8) is 0 Å². The van der Waals surface area contributed by atoms with Crippen LogP contribution in [0.15, 0.2) is 12.1 Å². The minimum Gasteiger partial charge on any atom is -0.363 e. The molecule has 1 fully saturated rings. The first-order valence-electron chi connectivity index (χ1n) is 7.69. The number of hydrogen-bond donors (Lipinski definition) is 1. The second kappa shape index (κ2) is 3.54. The van der Waals surface area contributed by atoms with Crippen LogP contribution in [0.1, 0.15) is 49.8 Å². The van der Waals surface area contributed by atoms with Crippen molar-refractivity contribution in [2.45, 2.75) is 57.5 Å². The predicted octanol–water partition coefficient (Wildman–Crippen LogP) is 3.12. The molecule has 102 valence electrons. The van der Waals surface area contributed by atoms with Crippen molar-refractivity contribution in [1.29, 1.82) is 0 Å². The lowest BCUT2D eigenvalue weighted by molar-refractivity contribution is 0.310. The number of rotatable bonds is 0. The third kappa shape index (κ3) is 1.22. The van der Waals surface area contributed by atoms with E-state index < -0.39 is 0 Å². The van der Waals surface area contributed by atoms with E-state index in [4.69, 9.17) is 0 Å². The summed E-state index contributed by atoms with van der Waals surface area (Å²) >= 11 is 0. The molecule has 2 atom stereocenters. The molecule has 1 N–H and O–H groups in total. The largest absolute Gasteiger partial charge is 0.363 e. The zero-order valence-corrected chi connectivity index (χ0v) is 12.3. The van der Waals surface area contributed by atoms with Crippen molar-refractivity contribution in [2.75, 3.05) is 18.0 Å². The SMILES string of the molecule is Cc1ccc2c3c1[C@@]1(C)CCC[C@@]1(C)N3CCNC2. The Kier molecular flexibility index (Phi) is 2.20. The van der Waals surface area contributed by atoms with Crippen LogP contribution in [-0.4, -0.2) is 18.6 Å². The summed E-state index contributed by atoms with van der Waals surface area (Å²) in [5, 5.41) is 3.58. The van der Waals surface area contributed by atoms with Gasteiger partial charge in [0.15, 0.2) is 0 Å². The predicted molar refractivity (Wildman–Crippen MR) is 79.8 cm³/mol. The summed E-state index contributed by atoms with van der Waals surface area (Å²) < 4.78 is 0. The first-order valence-corrected chi connectivity index (χ1v) is 7.69. The van der Waals surface area contributed by atoms with Crippen molar-refractivity contribution in [1.82, 2.24) is 5.32 Å². The maximum Gasteiger partial charge on any atom is 0.0469 e. The van der Waals surface area contributed by atoms with Gasteiger partial charge < -0.3 is 10.2 Å². The number of hydrogen-bond acceptors (Lipinski definition) is 2. The van der Waals surface area contributed by atoms with E-state index in [1.807, 2.05) is 0 Å². The summed E-state index contributed by atoms with van der Waals surface area (Å²) in [7, 11) is 0. The fourth-order valence-electron chi connectivity index (χ4n) is 5.06. The molecule has 0 aromatic heterocycles. The Labute approximate surface area is 116 Å². The Balaban J connectivity index is 2.05. The van der Waals surface area contributed by atoms with E-state index in [1.54, 1.807) is 11.3 Å². The van der Waals surface area contributed by atoms with Crippen molar-refractivity contribution < 1.29 is 0 Å². The van der Waals surface area contributed by atoms with Crippen LogP contribution in [-0.2, 0) is 12.0 Å². The molecule has 1 aromatic rings. The third-order valence-corrected chi connectivity index (χ3v) is 6.24. The second-order valence-electron chi connectivity index (χ2n) is 7.05. The molecule has 2 aliphatic heterocycles. The molecule has 3 aliphatic rings. The minimum atomic E-state index is 0.336. The van der Waals surface area contributed by atoms with Crippen molar-refractivity contribution in [2.24, 2.45) is 0 Å². The smallest absolute Gasteiger partial charge is 0.0469 e. The lowest BCUT2D eigenvalue weighted by atomic mass is 9.71. The van der Waals surface area contributed by atoms with E-state index >= 15 is 0 Å².